The number of anilines is 1. The van der Waals surface area contributed by atoms with Gasteiger partial charge in [-0.15, -0.1) is 0 Å². The first kappa shape index (κ1) is 16.3. The number of carbonyl (C=O) groups excluding carboxylic acids is 2. The number of alkyl halides is 2. The summed E-state index contributed by atoms with van der Waals surface area (Å²) in [5, 5.41) is -0.648. The van der Waals surface area contributed by atoms with Crippen LogP contribution in [0, 0.1) is 13.8 Å². The molecule has 1 aromatic rings. The van der Waals surface area contributed by atoms with Gasteiger partial charge in [0.05, 0.1) is 5.69 Å². The zero-order valence-corrected chi connectivity index (χ0v) is 13.1. The van der Waals surface area contributed by atoms with Crippen molar-refractivity contribution in [3.05, 3.63) is 29.3 Å². The van der Waals surface area contributed by atoms with Gasteiger partial charge >= 0.3 is 0 Å². The molecule has 0 saturated carbocycles. The van der Waals surface area contributed by atoms with Gasteiger partial charge in [0.25, 0.3) is 5.91 Å². The largest absolute Gasteiger partial charge is 0.298 e. The molecule has 6 heteroatoms. The Morgan fingerprint density at radius 1 is 1.16 bits per heavy atom. The Hall–Kier alpha value is -0.770. The van der Waals surface area contributed by atoms with Crippen LogP contribution in [0.5, 0.6) is 0 Å². The van der Waals surface area contributed by atoms with Gasteiger partial charge in [0.1, 0.15) is 6.04 Å². The van der Waals surface area contributed by atoms with Gasteiger partial charge in [0.2, 0.25) is 5.24 Å². The second-order valence-corrected chi connectivity index (χ2v) is 5.70. The summed E-state index contributed by atoms with van der Waals surface area (Å²) in [5.41, 5.74) is 2.29. The minimum atomic E-state index is -1.25. The van der Waals surface area contributed by atoms with Crippen LogP contribution >= 0.6 is 34.8 Å². The molecule has 0 aliphatic rings. The highest BCUT2D eigenvalue weighted by Crippen LogP contribution is 2.29. The first-order chi connectivity index (χ1) is 8.77. The normalized spacial score (nSPS) is 12.4. The molecule has 0 aliphatic heterocycles. The summed E-state index contributed by atoms with van der Waals surface area (Å²) in [6.45, 7) is 5.21. The fourth-order valence-corrected chi connectivity index (χ4v) is 2.19. The number of rotatable bonds is 4. The molecular weight excluding hydrogens is 309 g/mol. The first-order valence-electron chi connectivity index (χ1n) is 5.64. The fourth-order valence-electron chi connectivity index (χ4n) is 1.89. The Kier molecular flexibility index (Phi) is 5.65. The number of amides is 1. The number of halogens is 3. The molecule has 0 N–H and O–H groups in total. The molecule has 0 heterocycles. The molecule has 104 valence electrons. The third-order valence-corrected chi connectivity index (χ3v) is 3.51. The Balaban J connectivity index is 3.39. The highest BCUT2D eigenvalue weighted by Gasteiger charge is 2.31. The van der Waals surface area contributed by atoms with Gasteiger partial charge < -0.3 is 0 Å². The van der Waals surface area contributed by atoms with Crippen LogP contribution in [0.25, 0.3) is 0 Å². The average molecular weight is 323 g/mol. The van der Waals surface area contributed by atoms with Crippen LogP contribution in [0.1, 0.15) is 18.1 Å². The number of hydrogen-bond donors (Lipinski definition) is 0. The van der Waals surface area contributed by atoms with E-state index in [4.69, 9.17) is 34.8 Å². The van der Waals surface area contributed by atoms with E-state index in [2.05, 4.69) is 0 Å². The molecule has 0 unspecified atom stereocenters. The van der Waals surface area contributed by atoms with Crippen molar-refractivity contribution >= 4 is 51.6 Å². The maximum atomic E-state index is 12.1. The molecular formula is C13H14Cl3NO2. The summed E-state index contributed by atoms with van der Waals surface area (Å²) >= 11 is 16.8. The van der Waals surface area contributed by atoms with Gasteiger partial charge in [-0.05, 0) is 43.5 Å². The fraction of sp³-hybridized carbons (Fsp3) is 0.385. The van der Waals surface area contributed by atoms with Crippen LogP contribution < -0.4 is 4.90 Å². The molecule has 0 radical (unpaired) electrons. The molecule has 0 aliphatic carbocycles. The van der Waals surface area contributed by atoms with Crippen LogP contribution in [0.3, 0.4) is 0 Å². The second kappa shape index (κ2) is 6.60. The first-order valence-corrected chi connectivity index (χ1v) is 6.89. The Morgan fingerprint density at radius 2 is 1.63 bits per heavy atom. The van der Waals surface area contributed by atoms with E-state index >= 15 is 0 Å². The SMILES string of the molecule is Cc1cccc(C)c1N(C(=O)C(Cl)Cl)[C@@H](C)C(=O)Cl. The Morgan fingerprint density at radius 3 is 2.00 bits per heavy atom. The summed E-state index contributed by atoms with van der Waals surface area (Å²) in [5.74, 6) is -0.567. The maximum absolute atomic E-state index is 12.1. The highest BCUT2D eigenvalue weighted by molar-refractivity contribution is 6.65. The van der Waals surface area contributed by atoms with E-state index in [1.54, 1.807) is 0 Å². The van der Waals surface area contributed by atoms with Crippen LogP contribution in [0.4, 0.5) is 5.69 Å². The lowest BCUT2D eigenvalue weighted by Crippen LogP contribution is -2.45. The molecule has 0 saturated heterocycles. The van der Waals surface area contributed by atoms with Crippen molar-refractivity contribution in [1.82, 2.24) is 0 Å². The van der Waals surface area contributed by atoms with Gasteiger partial charge in [-0.3, -0.25) is 14.5 Å². The van der Waals surface area contributed by atoms with Crippen LogP contribution in [0.2, 0.25) is 0 Å². The number of benzene rings is 1. The zero-order valence-electron chi connectivity index (χ0n) is 10.8. The molecule has 1 rings (SSSR count). The van der Waals surface area contributed by atoms with Crippen molar-refractivity contribution in [2.45, 2.75) is 31.6 Å². The second-order valence-electron chi connectivity index (χ2n) is 4.23. The summed E-state index contributed by atoms with van der Waals surface area (Å²) in [6.07, 6.45) is 0. The predicted octanol–water partition coefficient (Wildman–Crippen LogP) is 3.59. The Labute approximate surface area is 127 Å². The average Bonchev–Trinajstić information content (AvgIpc) is 2.32. The van der Waals surface area contributed by atoms with E-state index in [-0.39, 0.29) is 0 Å². The number of nitrogens with zero attached hydrogens (tertiary/aromatic N) is 1. The summed E-state index contributed by atoms with van der Waals surface area (Å²) in [7, 11) is 0. The van der Waals surface area contributed by atoms with Crippen LogP contribution in [0.15, 0.2) is 18.2 Å². The van der Waals surface area contributed by atoms with E-state index in [0.29, 0.717) is 5.69 Å². The quantitative estimate of drug-likeness (QED) is 0.627. The van der Waals surface area contributed by atoms with Crippen molar-refractivity contribution in [1.29, 1.82) is 0 Å². The number of para-hydroxylation sites is 1. The van der Waals surface area contributed by atoms with E-state index in [1.165, 1.54) is 11.8 Å². The van der Waals surface area contributed by atoms with E-state index < -0.39 is 22.0 Å². The van der Waals surface area contributed by atoms with Gasteiger partial charge in [0, 0.05) is 0 Å². The monoisotopic (exact) mass is 321 g/mol. The molecule has 19 heavy (non-hydrogen) atoms. The van der Waals surface area contributed by atoms with E-state index in [9.17, 15) is 9.59 Å². The lowest BCUT2D eigenvalue weighted by atomic mass is 10.1. The highest BCUT2D eigenvalue weighted by atomic mass is 35.5. The Bertz CT molecular complexity index is 482. The molecule has 3 nitrogen and oxygen atoms in total. The number of hydrogen-bond acceptors (Lipinski definition) is 2. The number of aryl methyl sites for hydroxylation is 2. The van der Waals surface area contributed by atoms with Gasteiger partial charge in [0.15, 0.2) is 4.84 Å². The van der Waals surface area contributed by atoms with Crippen LogP contribution in [-0.4, -0.2) is 22.0 Å². The number of carbonyl (C=O) groups is 2. The predicted molar refractivity (Wildman–Crippen MR) is 79.2 cm³/mol. The summed E-state index contributed by atoms with van der Waals surface area (Å²) in [4.78, 5) is 23.5. The summed E-state index contributed by atoms with van der Waals surface area (Å²) in [6, 6.07) is 4.70. The van der Waals surface area contributed by atoms with E-state index in [1.807, 2.05) is 32.0 Å². The third-order valence-electron chi connectivity index (χ3n) is 2.82. The van der Waals surface area contributed by atoms with Crippen LogP contribution in [-0.2, 0) is 9.59 Å². The lowest BCUT2D eigenvalue weighted by molar-refractivity contribution is -0.120. The molecule has 1 aromatic carbocycles. The summed E-state index contributed by atoms with van der Waals surface area (Å²) < 4.78 is 0. The minimum Gasteiger partial charge on any atom is -0.298 e. The van der Waals surface area contributed by atoms with Crippen molar-refractivity contribution in [2.24, 2.45) is 0 Å². The molecule has 0 bridgehead atoms. The zero-order chi connectivity index (χ0) is 14.7. The maximum Gasteiger partial charge on any atom is 0.261 e. The third kappa shape index (κ3) is 3.62. The van der Waals surface area contributed by atoms with Gasteiger partial charge in [-0.2, -0.15) is 0 Å². The topological polar surface area (TPSA) is 37.4 Å². The standard InChI is InChI=1S/C13H14Cl3NO2/c1-7-5-4-6-8(2)10(7)17(9(3)12(16)18)13(19)11(14)15/h4-6,9,11H,1-3H3/t9-/m0/s1. The molecule has 1 atom stereocenters. The van der Waals surface area contributed by atoms with Crippen molar-refractivity contribution in [3.8, 4) is 0 Å². The van der Waals surface area contributed by atoms with Crippen molar-refractivity contribution in [2.75, 3.05) is 4.90 Å². The van der Waals surface area contributed by atoms with Crippen molar-refractivity contribution < 1.29 is 9.59 Å². The van der Waals surface area contributed by atoms with Gasteiger partial charge in [-0.25, -0.2) is 0 Å². The lowest BCUT2D eigenvalue weighted by Gasteiger charge is -2.30. The van der Waals surface area contributed by atoms with Gasteiger partial charge in [-0.1, -0.05) is 41.4 Å². The van der Waals surface area contributed by atoms with Crippen molar-refractivity contribution in [3.63, 3.8) is 0 Å². The molecule has 0 aromatic heterocycles. The molecule has 0 spiro atoms. The minimum absolute atomic E-state index is 0.567. The smallest absolute Gasteiger partial charge is 0.261 e. The molecule has 1 amide bonds. The van der Waals surface area contributed by atoms with E-state index in [0.717, 1.165) is 11.1 Å². The molecule has 0 fully saturated rings.